The SMILES string of the molecule is C.C.C.C.CC#N.CO[Si](C)(C)C.C[Si](C)(C)Cl. The molecule has 0 fully saturated rings. The monoisotopic (exact) mass is 317 g/mol. The van der Waals surface area contributed by atoms with Crippen LogP contribution < -0.4 is 0 Å². The van der Waals surface area contributed by atoms with Gasteiger partial charge in [-0.15, -0.1) is 0 Å². The van der Waals surface area contributed by atoms with Crippen LogP contribution >= 0.6 is 11.1 Å². The Balaban J connectivity index is -0.0000000189. The summed E-state index contributed by atoms with van der Waals surface area (Å²) in [5.41, 5.74) is 0. The van der Waals surface area contributed by atoms with Gasteiger partial charge >= 0.3 is 0 Å². The Labute approximate surface area is 126 Å². The number of nitrogens with zero attached hydrogens (tertiary/aromatic N) is 1. The Kier molecular flexibility index (Phi) is 53.3. The summed E-state index contributed by atoms with van der Waals surface area (Å²) < 4.78 is 5.08. The largest absolute Gasteiger partial charge is 0.421 e. The molecular formula is C13H40ClNOSi2. The maximum absolute atomic E-state index is 7.32. The molecule has 0 unspecified atom stereocenters. The van der Waals surface area contributed by atoms with E-state index >= 15 is 0 Å². The molecule has 0 rings (SSSR count). The van der Waals surface area contributed by atoms with Gasteiger partial charge in [-0.3, -0.25) is 0 Å². The van der Waals surface area contributed by atoms with Gasteiger partial charge in [-0.2, -0.15) is 16.3 Å². The quantitative estimate of drug-likeness (QED) is 0.403. The van der Waals surface area contributed by atoms with E-state index in [1.807, 2.05) is 0 Å². The minimum Gasteiger partial charge on any atom is -0.421 e. The number of rotatable bonds is 1. The fraction of sp³-hybridized carbons (Fsp3) is 0.923. The zero-order valence-corrected chi connectivity index (χ0v) is 13.5. The first-order valence-electron chi connectivity index (χ1n) is 4.52. The van der Waals surface area contributed by atoms with E-state index in [9.17, 15) is 0 Å². The Bertz CT molecular complexity index is 152. The second-order valence-electron chi connectivity index (χ2n) is 4.61. The fourth-order valence-electron chi connectivity index (χ4n) is 0. The van der Waals surface area contributed by atoms with Gasteiger partial charge in [0.25, 0.3) is 0 Å². The molecule has 0 N–H and O–H groups in total. The fourth-order valence-corrected chi connectivity index (χ4v) is 0. The lowest BCUT2D eigenvalue weighted by Crippen LogP contribution is -2.22. The third kappa shape index (κ3) is 370. The molecule has 18 heavy (non-hydrogen) atoms. The molecule has 0 spiro atoms. The maximum Gasteiger partial charge on any atom is 0.183 e. The van der Waals surface area contributed by atoms with E-state index in [1.165, 1.54) is 6.92 Å². The van der Waals surface area contributed by atoms with Crippen LogP contribution in [0.15, 0.2) is 0 Å². The van der Waals surface area contributed by atoms with Crippen LogP contribution in [-0.4, -0.2) is 22.8 Å². The molecule has 2 nitrogen and oxygen atoms in total. The molecule has 0 amide bonds. The Morgan fingerprint density at radius 3 is 0.944 bits per heavy atom. The van der Waals surface area contributed by atoms with Crippen molar-refractivity contribution >= 4 is 26.8 Å². The molecule has 0 aliphatic carbocycles. The van der Waals surface area contributed by atoms with E-state index in [2.05, 4.69) is 39.3 Å². The van der Waals surface area contributed by atoms with Crippen LogP contribution in [0.25, 0.3) is 0 Å². The van der Waals surface area contributed by atoms with Gasteiger partial charge in [0.1, 0.15) is 7.38 Å². The second-order valence-corrected chi connectivity index (χ2v) is 16.8. The molecule has 0 aromatic carbocycles. The molecule has 0 atom stereocenters. The van der Waals surface area contributed by atoms with Crippen molar-refractivity contribution in [3.63, 3.8) is 0 Å². The summed E-state index contributed by atoms with van der Waals surface area (Å²) in [6, 6.07) is 1.75. The minimum atomic E-state index is -1.14. The Morgan fingerprint density at radius 1 is 0.889 bits per heavy atom. The van der Waals surface area contributed by atoms with Crippen molar-refractivity contribution in [1.29, 1.82) is 5.26 Å². The first-order chi connectivity index (χ1) is 5.97. The third-order valence-electron chi connectivity index (χ3n) is 0.612. The van der Waals surface area contributed by atoms with Gasteiger partial charge in [0.2, 0.25) is 0 Å². The molecule has 0 radical (unpaired) electrons. The summed E-state index contributed by atoms with van der Waals surface area (Å²) in [5.74, 6) is 0. The van der Waals surface area contributed by atoms with Gasteiger partial charge in [-0.05, 0) is 19.6 Å². The van der Waals surface area contributed by atoms with Gasteiger partial charge in [0.05, 0.1) is 6.07 Å². The van der Waals surface area contributed by atoms with Crippen LogP contribution in [0, 0.1) is 11.3 Å². The highest BCUT2D eigenvalue weighted by atomic mass is 35.6. The molecule has 0 saturated carbocycles. The van der Waals surface area contributed by atoms with Crippen molar-refractivity contribution in [2.75, 3.05) is 7.11 Å². The normalized spacial score (nSPS) is 7.78. The second kappa shape index (κ2) is 22.4. The van der Waals surface area contributed by atoms with Gasteiger partial charge in [0, 0.05) is 14.0 Å². The van der Waals surface area contributed by atoms with Gasteiger partial charge in [-0.1, -0.05) is 49.3 Å². The maximum atomic E-state index is 7.32. The Morgan fingerprint density at radius 2 is 0.944 bits per heavy atom. The Hall–Kier alpha value is 0.174. The molecule has 0 aromatic rings. The molecule has 118 valence electrons. The van der Waals surface area contributed by atoms with Crippen LogP contribution in [0.2, 0.25) is 39.3 Å². The lowest BCUT2D eigenvalue weighted by Gasteiger charge is -2.10. The van der Waals surface area contributed by atoms with Crippen LogP contribution in [0.3, 0.4) is 0 Å². The lowest BCUT2D eigenvalue weighted by molar-refractivity contribution is 0.411. The predicted octanol–water partition coefficient (Wildman–Crippen LogP) is 6.60. The molecule has 5 heteroatoms. The van der Waals surface area contributed by atoms with Gasteiger partial charge in [-0.25, -0.2) is 0 Å². The molecule has 0 bridgehead atoms. The summed E-state index contributed by atoms with van der Waals surface area (Å²) in [5, 5.41) is 7.32. The van der Waals surface area contributed by atoms with E-state index in [4.69, 9.17) is 20.8 Å². The smallest absolute Gasteiger partial charge is 0.183 e. The summed E-state index contributed by atoms with van der Waals surface area (Å²) in [4.78, 5) is 0. The number of halogens is 1. The summed E-state index contributed by atoms with van der Waals surface area (Å²) >= 11 is 5.67. The van der Waals surface area contributed by atoms with Crippen LogP contribution in [0.4, 0.5) is 0 Å². The van der Waals surface area contributed by atoms with Crippen LogP contribution in [0.1, 0.15) is 36.6 Å². The van der Waals surface area contributed by atoms with Crippen molar-refractivity contribution in [3.8, 4) is 6.07 Å². The summed E-state index contributed by atoms with van der Waals surface area (Å²) in [6.45, 7) is 14.2. The van der Waals surface area contributed by atoms with E-state index in [0.717, 1.165) is 0 Å². The van der Waals surface area contributed by atoms with Crippen molar-refractivity contribution in [2.24, 2.45) is 0 Å². The van der Waals surface area contributed by atoms with Gasteiger partial charge in [0.15, 0.2) is 8.32 Å². The van der Waals surface area contributed by atoms with Crippen molar-refractivity contribution in [2.45, 2.75) is 75.9 Å². The minimum absolute atomic E-state index is 0. The van der Waals surface area contributed by atoms with Crippen molar-refractivity contribution < 1.29 is 4.43 Å². The summed E-state index contributed by atoms with van der Waals surface area (Å²) in [6.07, 6.45) is 0. The van der Waals surface area contributed by atoms with Gasteiger partial charge < -0.3 is 4.43 Å². The highest BCUT2D eigenvalue weighted by Gasteiger charge is 2.09. The average Bonchev–Trinajstić information content (AvgIpc) is 1.84. The third-order valence-corrected chi connectivity index (χ3v) is 1.84. The predicted molar refractivity (Wildman–Crippen MR) is 97.8 cm³/mol. The number of hydrogen-bond donors (Lipinski definition) is 0. The highest BCUT2D eigenvalue weighted by molar-refractivity contribution is 7.18. The van der Waals surface area contributed by atoms with E-state index in [1.54, 1.807) is 13.2 Å². The number of nitriles is 1. The first kappa shape index (κ1) is 42.9. The molecule has 0 saturated heterocycles. The molecule has 0 aromatic heterocycles. The summed E-state index contributed by atoms with van der Waals surface area (Å²) in [7, 11) is -0.500. The molecule has 0 heterocycles. The first-order valence-corrected chi connectivity index (χ1v) is 12.4. The zero-order valence-electron chi connectivity index (χ0n) is 10.7. The standard InChI is InChI=1S/C4H12OSi.C3H9ClSi.C2H3N.4CH4/c1-5-6(2,3)4;1-5(2,3)4;1-2-3;;;;/h1-4H3;1-3H3;1H3;4*1H4. The molecule has 0 aliphatic heterocycles. The van der Waals surface area contributed by atoms with Crippen molar-refractivity contribution in [3.05, 3.63) is 0 Å². The van der Waals surface area contributed by atoms with E-state index < -0.39 is 15.7 Å². The highest BCUT2D eigenvalue weighted by Crippen LogP contribution is 2.03. The lowest BCUT2D eigenvalue weighted by atomic mass is 11.0. The molecular weight excluding hydrogens is 278 g/mol. The van der Waals surface area contributed by atoms with Crippen LogP contribution in [-0.2, 0) is 4.43 Å². The number of hydrogen-bond acceptors (Lipinski definition) is 2. The van der Waals surface area contributed by atoms with E-state index in [0.29, 0.717) is 0 Å². The van der Waals surface area contributed by atoms with Crippen molar-refractivity contribution in [1.82, 2.24) is 0 Å². The van der Waals surface area contributed by atoms with Crippen LogP contribution in [0.5, 0.6) is 0 Å². The van der Waals surface area contributed by atoms with E-state index in [-0.39, 0.29) is 29.7 Å². The molecule has 0 aliphatic rings. The topological polar surface area (TPSA) is 33.0 Å². The zero-order chi connectivity index (χ0) is 12.4. The average molecular weight is 318 g/mol.